The van der Waals surface area contributed by atoms with Crippen molar-refractivity contribution in [2.24, 2.45) is 0 Å². The van der Waals surface area contributed by atoms with Crippen molar-refractivity contribution >= 4 is 34.7 Å². The van der Waals surface area contributed by atoms with E-state index in [2.05, 4.69) is 10.2 Å². The predicted octanol–water partition coefficient (Wildman–Crippen LogP) is 3.87. The third kappa shape index (κ3) is 4.72. The number of benzene rings is 2. The second kappa shape index (κ2) is 9.86. The summed E-state index contributed by atoms with van der Waals surface area (Å²) in [4.78, 5) is 30.4. The van der Waals surface area contributed by atoms with Crippen LogP contribution in [0.4, 0.5) is 5.69 Å². The molecule has 2 aromatic carbocycles. The number of anilines is 1. The van der Waals surface area contributed by atoms with Crippen LogP contribution in [0.15, 0.2) is 48.2 Å². The van der Waals surface area contributed by atoms with E-state index in [9.17, 15) is 9.59 Å². The molecule has 0 bridgehead atoms. The molecule has 1 fully saturated rings. The van der Waals surface area contributed by atoms with Crippen LogP contribution in [-0.4, -0.2) is 61.0 Å². The highest BCUT2D eigenvalue weighted by Gasteiger charge is 2.39. The predicted molar refractivity (Wildman–Crippen MR) is 127 cm³/mol. The molecular weight excluding hydrogens is 426 g/mol. The molecule has 32 heavy (non-hydrogen) atoms. The lowest BCUT2D eigenvalue weighted by Crippen LogP contribution is -2.39. The zero-order valence-electron chi connectivity index (χ0n) is 18.5. The van der Waals surface area contributed by atoms with Crippen LogP contribution in [0, 0.1) is 13.8 Å². The van der Waals surface area contributed by atoms with E-state index in [-0.39, 0.29) is 11.8 Å². The van der Waals surface area contributed by atoms with E-state index in [1.807, 2.05) is 50.2 Å². The number of amides is 2. The summed E-state index contributed by atoms with van der Waals surface area (Å²) >= 11 is 6.27. The van der Waals surface area contributed by atoms with E-state index in [1.165, 1.54) is 4.90 Å². The fourth-order valence-electron chi connectivity index (χ4n) is 4.04. The Balaban J connectivity index is 1.59. The molecule has 0 spiro atoms. The van der Waals surface area contributed by atoms with Gasteiger partial charge >= 0.3 is 0 Å². The molecule has 1 N–H and O–H groups in total. The quantitative estimate of drug-likeness (QED) is 0.645. The highest BCUT2D eigenvalue weighted by Crippen LogP contribution is 2.32. The summed E-state index contributed by atoms with van der Waals surface area (Å²) in [6.45, 7) is 8.32. The average Bonchev–Trinajstić information content (AvgIpc) is 3.02. The molecule has 6 nitrogen and oxygen atoms in total. The van der Waals surface area contributed by atoms with E-state index in [0.717, 1.165) is 56.0 Å². The first-order chi connectivity index (χ1) is 15.5. The third-order valence-electron chi connectivity index (χ3n) is 6.00. The topological polar surface area (TPSA) is 61.9 Å². The first kappa shape index (κ1) is 22.5. The molecule has 0 aliphatic carbocycles. The lowest BCUT2D eigenvalue weighted by atomic mass is 10.0. The Bertz CT molecular complexity index is 1040. The van der Waals surface area contributed by atoms with Gasteiger partial charge in [0.1, 0.15) is 5.70 Å². The highest BCUT2D eigenvalue weighted by molar-refractivity contribution is 6.36. The molecule has 2 aromatic rings. The molecule has 2 aliphatic rings. The number of rotatable bonds is 7. The molecule has 2 aliphatic heterocycles. The van der Waals surface area contributed by atoms with Gasteiger partial charge in [0.25, 0.3) is 11.8 Å². The van der Waals surface area contributed by atoms with Gasteiger partial charge in [-0.1, -0.05) is 47.5 Å². The zero-order chi connectivity index (χ0) is 22.7. The van der Waals surface area contributed by atoms with Gasteiger partial charge in [0.15, 0.2) is 0 Å². The van der Waals surface area contributed by atoms with Crippen LogP contribution in [0.1, 0.15) is 23.1 Å². The van der Waals surface area contributed by atoms with Crippen LogP contribution >= 0.6 is 11.6 Å². The van der Waals surface area contributed by atoms with Gasteiger partial charge in [-0.25, -0.2) is 0 Å². The van der Waals surface area contributed by atoms with Crippen molar-refractivity contribution in [2.75, 3.05) is 44.7 Å². The van der Waals surface area contributed by atoms with Crippen molar-refractivity contribution in [3.8, 4) is 0 Å². The summed E-state index contributed by atoms with van der Waals surface area (Å²) in [6.07, 6.45) is 0.724. The molecule has 0 atom stereocenters. The summed E-state index contributed by atoms with van der Waals surface area (Å²) in [5.74, 6) is -0.560. The van der Waals surface area contributed by atoms with Gasteiger partial charge in [0, 0.05) is 36.9 Å². The second-order valence-electron chi connectivity index (χ2n) is 8.22. The fraction of sp³-hybridized carbons (Fsp3) is 0.360. The number of hydrogen-bond donors (Lipinski definition) is 1. The van der Waals surface area contributed by atoms with Gasteiger partial charge in [0.2, 0.25) is 0 Å². The largest absolute Gasteiger partial charge is 0.379 e. The Kier molecular flexibility index (Phi) is 6.94. The van der Waals surface area contributed by atoms with E-state index >= 15 is 0 Å². The van der Waals surface area contributed by atoms with E-state index < -0.39 is 0 Å². The minimum Gasteiger partial charge on any atom is -0.379 e. The number of ether oxygens (including phenoxy) is 1. The number of nitrogens with zero attached hydrogens (tertiary/aromatic N) is 2. The Morgan fingerprint density at radius 2 is 1.69 bits per heavy atom. The van der Waals surface area contributed by atoms with E-state index in [0.29, 0.717) is 28.5 Å². The second-order valence-corrected chi connectivity index (χ2v) is 8.63. The molecule has 2 heterocycles. The van der Waals surface area contributed by atoms with Crippen LogP contribution < -0.4 is 5.32 Å². The van der Waals surface area contributed by atoms with Gasteiger partial charge in [0.05, 0.1) is 18.8 Å². The standard InChI is InChI=1S/C25H28ClN3O3/c1-17-7-9-19(10-8-17)22-23(27-21-6-3-5-20(26)18(21)2)25(31)29(24(22)30)12-4-11-28-13-15-32-16-14-28/h3,5-10,27H,4,11-16H2,1-2H3. The molecule has 0 radical (unpaired) electrons. The Morgan fingerprint density at radius 3 is 2.41 bits per heavy atom. The summed E-state index contributed by atoms with van der Waals surface area (Å²) in [6, 6.07) is 13.2. The summed E-state index contributed by atoms with van der Waals surface area (Å²) in [5.41, 5.74) is 4.07. The number of halogens is 1. The normalized spacial score (nSPS) is 17.4. The van der Waals surface area contributed by atoms with Gasteiger partial charge < -0.3 is 10.1 Å². The number of hydrogen-bond acceptors (Lipinski definition) is 5. The monoisotopic (exact) mass is 453 g/mol. The Morgan fingerprint density at radius 1 is 0.969 bits per heavy atom. The minimum absolute atomic E-state index is 0.261. The van der Waals surface area contributed by atoms with Crippen molar-refractivity contribution in [1.82, 2.24) is 9.80 Å². The molecule has 0 saturated carbocycles. The molecular formula is C25H28ClN3O3. The van der Waals surface area contributed by atoms with Crippen molar-refractivity contribution in [3.05, 3.63) is 69.9 Å². The van der Waals surface area contributed by atoms with Crippen LogP contribution in [-0.2, 0) is 14.3 Å². The Hall–Kier alpha value is -2.67. The first-order valence-electron chi connectivity index (χ1n) is 11.0. The maximum Gasteiger partial charge on any atom is 0.278 e. The number of morpholine rings is 1. The van der Waals surface area contributed by atoms with Crippen LogP contribution in [0.25, 0.3) is 5.57 Å². The van der Waals surface area contributed by atoms with Crippen molar-refractivity contribution in [2.45, 2.75) is 20.3 Å². The molecule has 7 heteroatoms. The van der Waals surface area contributed by atoms with Crippen molar-refractivity contribution < 1.29 is 14.3 Å². The maximum absolute atomic E-state index is 13.4. The number of nitrogens with one attached hydrogen (secondary N) is 1. The van der Waals surface area contributed by atoms with Crippen LogP contribution in [0.5, 0.6) is 0 Å². The maximum atomic E-state index is 13.4. The summed E-state index contributed by atoms with van der Waals surface area (Å²) < 4.78 is 5.39. The molecule has 1 saturated heterocycles. The highest BCUT2D eigenvalue weighted by atomic mass is 35.5. The number of carbonyl (C=O) groups is 2. The number of carbonyl (C=O) groups excluding carboxylic acids is 2. The molecule has 4 rings (SSSR count). The van der Waals surface area contributed by atoms with Gasteiger partial charge in [-0.2, -0.15) is 0 Å². The molecule has 0 unspecified atom stereocenters. The third-order valence-corrected chi connectivity index (χ3v) is 6.40. The summed E-state index contributed by atoms with van der Waals surface area (Å²) in [7, 11) is 0. The Labute approximate surface area is 193 Å². The lowest BCUT2D eigenvalue weighted by Gasteiger charge is -2.27. The van der Waals surface area contributed by atoms with E-state index in [1.54, 1.807) is 6.07 Å². The van der Waals surface area contributed by atoms with Gasteiger partial charge in [-0.15, -0.1) is 0 Å². The van der Waals surface area contributed by atoms with Crippen molar-refractivity contribution in [1.29, 1.82) is 0 Å². The smallest absolute Gasteiger partial charge is 0.278 e. The molecule has 0 aromatic heterocycles. The minimum atomic E-state index is -0.299. The first-order valence-corrected chi connectivity index (χ1v) is 11.3. The van der Waals surface area contributed by atoms with Gasteiger partial charge in [-0.05, 0) is 43.5 Å². The number of imide groups is 1. The average molecular weight is 454 g/mol. The molecule has 168 valence electrons. The lowest BCUT2D eigenvalue weighted by molar-refractivity contribution is -0.136. The number of aryl methyl sites for hydroxylation is 1. The summed E-state index contributed by atoms with van der Waals surface area (Å²) in [5, 5.41) is 3.82. The molecule has 2 amide bonds. The SMILES string of the molecule is Cc1ccc(C2=C(Nc3cccc(Cl)c3C)C(=O)N(CCCN3CCOCC3)C2=O)cc1. The van der Waals surface area contributed by atoms with Crippen LogP contribution in [0.2, 0.25) is 5.02 Å². The van der Waals surface area contributed by atoms with Crippen LogP contribution in [0.3, 0.4) is 0 Å². The zero-order valence-corrected chi connectivity index (χ0v) is 19.2. The van der Waals surface area contributed by atoms with E-state index in [4.69, 9.17) is 16.3 Å². The van der Waals surface area contributed by atoms with Gasteiger partial charge in [-0.3, -0.25) is 19.4 Å². The fourth-order valence-corrected chi connectivity index (χ4v) is 4.21. The van der Waals surface area contributed by atoms with Crippen molar-refractivity contribution in [3.63, 3.8) is 0 Å².